The molecule has 34 heavy (non-hydrogen) atoms. The number of nitrogens with zero attached hydrogens (tertiary/aromatic N) is 1. The SMILES string of the molecule is O=C(NCC(=O)N(Cc1ccccc1)[C@H](C(=O)NC1CCCCC1)c1cccs1)c1ccco1. The Morgan fingerprint density at radius 1 is 1.00 bits per heavy atom. The van der Waals surface area contributed by atoms with Crippen LogP contribution in [-0.4, -0.2) is 35.2 Å². The van der Waals surface area contributed by atoms with Crippen molar-refractivity contribution in [2.24, 2.45) is 0 Å². The molecule has 0 bridgehead atoms. The molecule has 2 N–H and O–H groups in total. The van der Waals surface area contributed by atoms with Gasteiger partial charge in [0.25, 0.3) is 5.91 Å². The fraction of sp³-hybridized carbons (Fsp3) is 0.346. The molecule has 0 unspecified atom stereocenters. The van der Waals surface area contributed by atoms with Crippen molar-refractivity contribution in [1.29, 1.82) is 0 Å². The van der Waals surface area contributed by atoms with Gasteiger partial charge in [0, 0.05) is 17.5 Å². The van der Waals surface area contributed by atoms with Crippen molar-refractivity contribution in [3.8, 4) is 0 Å². The summed E-state index contributed by atoms with van der Waals surface area (Å²) in [6.07, 6.45) is 6.69. The molecule has 1 saturated carbocycles. The van der Waals surface area contributed by atoms with E-state index in [0.717, 1.165) is 36.1 Å². The van der Waals surface area contributed by atoms with E-state index in [-0.39, 0.29) is 36.7 Å². The number of hydrogen-bond donors (Lipinski definition) is 2. The fourth-order valence-electron chi connectivity index (χ4n) is 4.25. The maximum Gasteiger partial charge on any atom is 0.287 e. The van der Waals surface area contributed by atoms with Crippen LogP contribution in [0.25, 0.3) is 0 Å². The molecule has 1 aliphatic carbocycles. The molecule has 1 aromatic carbocycles. The van der Waals surface area contributed by atoms with Gasteiger partial charge in [0.05, 0.1) is 12.8 Å². The van der Waals surface area contributed by atoms with Gasteiger partial charge in [-0.2, -0.15) is 0 Å². The second kappa shape index (κ2) is 11.7. The number of furan rings is 1. The molecule has 0 spiro atoms. The van der Waals surface area contributed by atoms with Crippen LogP contribution < -0.4 is 10.6 Å². The minimum Gasteiger partial charge on any atom is -0.459 e. The number of benzene rings is 1. The topological polar surface area (TPSA) is 91.7 Å². The number of nitrogens with one attached hydrogen (secondary N) is 2. The van der Waals surface area contributed by atoms with Crippen molar-refractivity contribution < 1.29 is 18.8 Å². The molecule has 3 amide bonds. The number of amides is 3. The van der Waals surface area contributed by atoms with E-state index >= 15 is 0 Å². The number of thiophene rings is 1. The Balaban J connectivity index is 1.57. The Bertz CT molecular complexity index is 1060. The maximum atomic E-state index is 13.6. The van der Waals surface area contributed by atoms with Crippen LogP contribution >= 0.6 is 11.3 Å². The lowest BCUT2D eigenvalue weighted by molar-refractivity contribution is -0.141. The molecule has 2 aromatic heterocycles. The highest BCUT2D eigenvalue weighted by atomic mass is 32.1. The van der Waals surface area contributed by atoms with Crippen molar-refractivity contribution >= 4 is 29.1 Å². The zero-order chi connectivity index (χ0) is 23.8. The first-order valence-electron chi connectivity index (χ1n) is 11.6. The van der Waals surface area contributed by atoms with E-state index in [4.69, 9.17) is 4.42 Å². The summed E-state index contributed by atoms with van der Waals surface area (Å²) in [5.74, 6) is -0.874. The van der Waals surface area contributed by atoms with Crippen LogP contribution in [0.4, 0.5) is 0 Å². The lowest BCUT2D eigenvalue weighted by atomic mass is 9.95. The zero-order valence-electron chi connectivity index (χ0n) is 18.9. The predicted molar refractivity (Wildman–Crippen MR) is 130 cm³/mol. The Morgan fingerprint density at radius 3 is 2.47 bits per heavy atom. The molecule has 0 aliphatic heterocycles. The van der Waals surface area contributed by atoms with Crippen molar-refractivity contribution in [2.75, 3.05) is 6.54 Å². The minimum atomic E-state index is -0.782. The standard InChI is InChI=1S/C26H29N3O4S/c30-23(17-27-25(31)21-13-7-15-33-21)29(18-19-9-3-1-4-10-19)24(22-14-8-16-34-22)26(32)28-20-11-5-2-6-12-20/h1,3-4,7-10,13-16,20,24H,2,5-6,11-12,17-18H2,(H,27,31)(H,28,32)/t24-/m0/s1. The van der Waals surface area contributed by atoms with Crippen molar-refractivity contribution in [1.82, 2.24) is 15.5 Å². The Hall–Kier alpha value is -3.39. The third-order valence-corrected chi connectivity index (χ3v) is 6.91. The van der Waals surface area contributed by atoms with E-state index in [1.807, 2.05) is 47.8 Å². The van der Waals surface area contributed by atoms with E-state index in [0.29, 0.717) is 0 Å². The molecule has 8 heteroatoms. The molecule has 1 atom stereocenters. The summed E-state index contributed by atoms with van der Waals surface area (Å²) in [4.78, 5) is 41.7. The molecule has 7 nitrogen and oxygen atoms in total. The molecular weight excluding hydrogens is 450 g/mol. The predicted octanol–water partition coefficient (Wildman–Crippen LogP) is 4.29. The van der Waals surface area contributed by atoms with E-state index in [9.17, 15) is 14.4 Å². The normalized spacial score (nSPS) is 14.8. The summed E-state index contributed by atoms with van der Waals surface area (Å²) in [6.45, 7) is 0.00188. The first kappa shape index (κ1) is 23.8. The van der Waals surface area contributed by atoms with Crippen LogP contribution in [-0.2, 0) is 16.1 Å². The lowest BCUT2D eigenvalue weighted by Crippen LogP contribution is -2.48. The van der Waals surface area contributed by atoms with Gasteiger partial charge in [0.1, 0.15) is 6.04 Å². The number of rotatable bonds is 9. The van der Waals surface area contributed by atoms with Crippen LogP contribution in [0.5, 0.6) is 0 Å². The summed E-state index contributed by atoms with van der Waals surface area (Å²) >= 11 is 1.44. The van der Waals surface area contributed by atoms with Crippen LogP contribution in [0.15, 0.2) is 70.7 Å². The highest BCUT2D eigenvalue weighted by Gasteiger charge is 2.33. The van der Waals surface area contributed by atoms with Gasteiger partial charge < -0.3 is 20.0 Å². The van der Waals surface area contributed by atoms with Crippen molar-refractivity contribution in [2.45, 2.75) is 50.7 Å². The van der Waals surface area contributed by atoms with Gasteiger partial charge in [-0.3, -0.25) is 14.4 Å². The zero-order valence-corrected chi connectivity index (χ0v) is 19.8. The van der Waals surface area contributed by atoms with Gasteiger partial charge in [-0.05, 0) is 42.0 Å². The first-order valence-corrected chi connectivity index (χ1v) is 12.5. The van der Waals surface area contributed by atoms with Crippen molar-refractivity contribution in [3.63, 3.8) is 0 Å². The third kappa shape index (κ3) is 6.14. The minimum absolute atomic E-state index is 0.121. The highest BCUT2D eigenvalue weighted by Crippen LogP contribution is 2.28. The van der Waals surface area contributed by atoms with Gasteiger partial charge >= 0.3 is 0 Å². The van der Waals surface area contributed by atoms with Crippen LogP contribution in [0.2, 0.25) is 0 Å². The average Bonchev–Trinajstić information content (AvgIpc) is 3.58. The third-order valence-electron chi connectivity index (χ3n) is 5.99. The van der Waals surface area contributed by atoms with E-state index in [1.54, 1.807) is 11.0 Å². The first-order chi connectivity index (χ1) is 16.6. The Morgan fingerprint density at radius 2 is 1.79 bits per heavy atom. The van der Waals surface area contributed by atoms with E-state index in [2.05, 4.69) is 10.6 Å². The maximum absolute atomic E-state index is 13.6. The summed E-state index contributed by atoms with van der Waals surface area (Å²) in [6, 6.07) is 15.8. The smallest absolute Gasteiger partial charge is 0.287 e. The van der Waals surface area contributed by atoms with E-state index < -0.39 is 11.9 Å². The van der Waals surface area contributed by atoms with Gasteiger partial charge in [0.2, 0.25) is 11.8 Å². The molecule has 178 valence electrons. The Kier molecular flexibility index (Phi) is 8.14. The van der Waals surface area contributed by atoms with Gasteiger partial charge in [-0.25, -0.2) is 0 Å². The van der Waals surface area contributed by atoms with Crippen LogP contribution in [0.1, 0.15) is 59.1 Å². The summed E-state index contributed by atoms with van der Waals surface area (Å²) in [7, 11) is 0. The molecule has 0 radical (unpaired) electrons. The summed E-state index contributed by atoms with van der Waals surface area (Å²) < 4.78 is 5.11. The lowest BCUT2D eigenvalue weighted by Gasteiger charge is -2.33. The second-order valence-corrected chi connectivity index (χ2v) is 9.41. The fourth-order valence-corrected chi connectivity index (χ4v) is 5.09. The van der Waals surface area contributed by atoms with Crippen LogP contribution in [0.3, 0.4) is 0 Å². The van der Waals surface area contributed by atoms with Crippen molar-refractivity contribution in [3.05, 3.63) is 82.4 Å². The number of carbonyl (C=O) groups is 3. The van der Waals surface area contributed by atoms with Crippen LogP contribution in [0, 0.1) is 0 Å². The monoisotopic (exact) mass is 479 g/mol. The second-order valence-electron chi connectivity index (χ2n) is 8.43. The Labute approximate surface area is 203 Å². The molecular formula is C26H29N3O4S. The largest absolute Gasteiger partial charge is 0.459 e. The summed E-state index contributed by atoms with van der Waals surface area (Å²) in [5, 5.41) is 7.71. The molecule has 1 aliphatic rings. The van der Waals surface area contributed by atoms with Gasteiger partial charge in [0.15, 0.2) is 5.76 Å². The molecule has 0 saturated heterocycles. The quantitative estimate of drug-likeness (QED) is 0.479. The number of hydrogen-bond acceptors (Lipinski definition) is 5. The summed E-state index contributed by atoms with van der Waals surface area (Å²) in [5.41, 5.74) is 0.903. The number of carbonyl (C=O) groups excluding carboxylic acids is 3. The highest BCUT2D eigenvalue weighted by molar-refractivity contribution is 7.10. The molecule has 2 heterocycles. The van der Waals surface area contributed by atoms with E-state index in [1.165, 1.54) is 30.1 Å². The average molecular weight is 480 g/mol. The molecule has 4 rings (SSSR count). The van der Waals surface area contributed by atoms with Gasteiger partial charge in [-0.15, -0.1) is 11.3 Å². The molecule has 3 aromatic rings. The van der Waals surface area contributed by atoms with Gasteiger partial charge in [-0.1, -0.05) is 55.7 Å². The molecule has 1 fully saturated rings.